The van der Waals surface area contributed by atoms with Crippen molar-refractivity contribution in [2.24, 2.45) is 5.41 Å². The molecule has 1 heterocycles. The highest BCUT2D eigenvalue weighted by molar-refractivity contribution is 5.74. The molecule has 28 heavy (non-hydrogen) atoms. The van der Waals surface area contributed by atoms with Crippen LogP contribution in [0.2, 0.25) is 0 Å². The van der Waals surface area contributed by atoms with E-state index in [4.69, 9.17) is 5.11 Å². The minimum atomic E-state index is -5.97. The number of hydrogen-bond acceptors (Lipinski definition) is 3. The van der Waals surface area contributed by atoms with Crippen molar-refractivity contribution in [3.05, 3.63) is 41.7 Å². The van der Waals surface area contributed by atoms with E-state index in [0.29, 0.717) is 17.8 Å². The van der Waals surface area contributed by atoms with Crippen LogP contribution in [0.5, 0.6) is 0 Å². The minimum Gasteiger partial charge on any atom is -0.481 e. The summed E-state index contributed by atoms with van der Waals surface area (Å²) in [4.78, 5) is 17.9. The van der Waals surface area contributed by atoms with Gasteiger partial charge in [-0.3, -0.25) is 4.79 Å². The number of carboxylic acids is 1. The van der Waals surface area contributed by atoms with Gasteiger partial charge >= 0.3 is 18.3 Å². The van der Waals surface area contributed by atoms with Crippen molar-refractivity contribution in [2.45, 2.75) is 38.2 Å². The molecule has 0 spiro atoms. The third kappa shape index (κ3) is 3.84. The zero-order valence-electron chi connectivity index (χ0n) is 14.6. The van der Waals surface area contributed by atoms with Crippen LogP contribution in [0.15, 0.2) is 30.5 Å². The second kappa shape index (κ2) is 6.80. The highest BCUT2D eigenvalue weighted by Gasteiger charge is 2.71. The average molecular weight is 410 g/mol. The van der Waals surface area contributed by atoms with Crippen molar-refractivity contribution in [1.82, 2.24) is 9.97 Å². The van der Waals surface area contributed by atoms with Gasteiger partial charge in [-0.15, -0.1) is 0 Å². The van der Waals surface area contributed by atoms with E-state index in [9.17, 15) is 36.2 Å². The highest BCUT2D eigenvalue weighted by atomic mass is 19.4. The first-order valence-corrected chi connectivity index (χ1v) is 7.83. The molecule has 0 saturated carbocycles. The Labute approximate surface area is 155 Å². The fourth-order valence-corrected chi connectivity index (χ4v) is 2.50. The molecule has 0 atom stereocenters. The Bertz CT molecular complexity index is 839. The normalized spacial score (nSPS) is 13.6. The predicted octanol–water partition coefficient (Wildman–Crippen LogP) is 4.04. The number of alkyl halides is 6. The number of carboxylic acid groups (broad SMARTS) is 1. The molecule has 5 nitrogen and oxygen atoms in total. The monoisotopic (exact) mass is 410 g/mol. The topological polar surface area (TPSA) is 86.2 Å². The van der Waals surface area contributed by atoms with Crippen molar-refractivity contribution < 1.29 is 41.4 Å². The molecule has 1 aromatic carbocycles. The summed E-state index contributed by atoms with van der Waals surface area (Å²) >= 11 is 0. The van der Waals surface area contributed by atoms with Crippen LogP contribution in [0.25, 0.3) is 11.4 Å². The van der Waals surface area contributed by atoms with Gasteiger partial charge in [0.05, 0.1) is 5.41 Å². The van der Waals surface area contributed by atoms with Gasteiger partial charge in [-0.2, -0.15) is 26.3 Å². The summed E-state index contributed by atoms with van der Waals surface area (Å²) in [6.45, 7) is 2.97. The number of aromatic amines is 1. The number of aliphatic carboxylic acids is 1. The fraction of sp³-hybridized carbons (Fsp3) is 0.412. The number of rotatable bonds is 5. The van der Waals surface area contributed by atoms with Gasteiger partial charge in [0.1, 0.15) is 5.82 Å². The van der Waals surface area contributed by atoms with Crippen molar-refractivity contribution in [3.8, 4) is 11.4 Å². The number of nitrogens with zero attached hydrogens (tertiary/aromatic N) is 1. The number of H-pyrrole nitrogens is 1. The summed E-state index contributed by atoms with van der Waals surface area (Å²) in [5.41, 5.74) is -6.90. The molecule has 0 aliphatic rings. The summed E-state index contributed by atoms with van der Waals surface area (Å²) in [7, 11) is 0. The summed E-state index contributed by atoms with van der Waals surface area (Å²) in [5, 5.41) is 18.5. The second-order valence-electron chi connectivity index (χ2n) is 6.91. The van der Waals surface area contributed by atoms with E-state index in [0.717, 1.165) is 12.1 Å². The maximum atomic E-state index is 12.9. The van der Waals surface area contributed by atoms with Crippen LogP contribution in [0.4, 0.5) is 26.3 Å². The first-order valence-electron chi connectivity index (χ1n) is 7.83. The van der Waals surface area contributed by atoms with Crippen molar-refractivity contribution in [3.63, 3.8) is 0 Å². The van der Waals surface area contributed by atoms with E-state index in [1.807, 2.05) is 0 Å². The molecular formula is C17H16F6N2O3. The molecule has 0 aliphatic carbocycles. The third-order valence-electron chi connectivity index (χ3n) is 4.24. The summed E-state index contributed by atoms with van der Waals surface area (Å²) in [6.07, 6.45) is -10.5. The standard InChI is InChI=1S/C17H16F6N2O3/c1-14(2,13(26)27)7-11-8-24-12(25-11)9-3-5-10(6-4-9)15(28,16(18,19)20)17(21,22)23/h3-6,8,28H,7H2,1-2H3,(H,24,25)(H,26,27). The van der Waals surface area contributed by atoms with Gasteiger partial charge in [0.2, 0.25) is 0 Å². The van der Waals surface area contributed by atoms with Crippen LogP contribution < -0.4 is 0 Å². The molecule has 3 N–H and O–H groups in total. The number of carbonyl (C=O) groups is 1. The number of hydrogen-bond donors (Lipinski definition) is 3. The largest absolute Gasteiger partial charge is 0.481 e. The lowest BCUT2D eigenvalue weighted by molar-refractivity contribution is -0.376. The first-order chi connectivity index (χ1) is 12.6. The maximum absolute atomic E-state index is 12.9. The van der Waals surface area contributed by atoms with Gasteiger partial charge < -0.3 is 15.2 Å². The Morgan fingerprint density at radius 2 is 1.54 bits per heavy atom. The van der Waals surface area contributed by atoms with E-state index < -0.39 is 34.9 Å². The highest BCUT2D eigenvalue weighted by Crippen LogP contribution is 2.50. The molecule has 11 heteroatoms. The van der Waals surface area contributed by atoms with Crippen molar-refractivity contribution in [1.29, 1.82) is 0 Å². The molecule has 0 saturated heterocycles. The number of benzene rings is 1. The van der Waals surface area contributed by atoms with Crippen molar-refractivity contribution >= 4 is 5.97 Å². The Morgan fingerprint density at radius 3 is 1.96 bits per heavy atom. The van der Waals surface area contributed by atoms with Gasteiger partial charge in [-0.05, 0) is 13.8 Å². The van der Waals surface area contributed by atoms with Crippen molar-refractivity contribution in [2.75, 3.05) is 0 Å². The van der Waals surface area contributed by atoms with Crippen LogP contribution in [-0.4, -0.2) is 38.5 Å². The van der Waals surface area contributed by atoms with Gasteiger partial charge in [0.25, 0.3) is 5.60 Å². The van der Waals surface area contributed by atoms with Crippen LogP contribution in [0.1, 0.15) is 25.1 Å². The van der Waals surface area contributed by atoms with E-state index in [1.54, 1.807) is 0 Å². The Kier molecular flexibility index (Phi) is 5.28. The molecule has 0 amide bonds. The quantitative estimate of drug-likeness (QED) is 0.650. The molecule has 0 aliphatic heterocycles. The molecule has 0 radical (unpaired) electrons. The average Bonchev–Trinajstić information content (AvgIpc) is 2.99. The zero-order chi connectivity index (χ0) is 21.5. The maximum Gasteiger partial charge on any atom is 0.430 e. The SMILES string of the molecule is CC(C)(Cc1cnc(-c2ccc(C(O)(C(F)(F)F)C(F)(F)F)cc2)[nH]1)C(=O)O. The lowest BCUT2D eigenvalue weighted by Gasteiger charge is -2.32. The van der Waals surface area contributed by atoms with Crippen LogP contribution >= 0.6 is 0 Å². The van der Waals surface area contributed by atoms with E-state index in [2.05, 4.69) is 9.97 Å². The molecule has 2 rings (SSSR count). The molecule has 154 valence electrons. The smallest absolute Gasteiger partial charge is 0.430 e. The molecule has 0 fully saturated rings. The second-order valence-corrected chi connectivity index (χ2v) is 6.91. The van der Waals surface area contributed by atoms with E-state index in [1.165, 1.54) is 20.0 Å². The molecule has 1 aromatic heterocycles. The first kappa shape index (κ1) is 21.7. The summed E-state index contributed by atoms with van der Waals surface area (Å²) in [6, 6.07) is 2.92. The Hall–Kier alpha value is -2.56. The van der Waals surface area contributed by atoms with E-state index >= 15 is 0 Å². The van der Waals surface area contributed by atoms with E-state index in [-0.39, 0.29) is 17.8 Å². The van der Waals surface area contributed by atoms with Crippen LogP contribution in [-0.2, 0) is 16.8 Å². The van der Waals surface area contributed by atoms with Gasteiger partial charge in [-0.1, -0.05) is 24.3 Å². The molecule has 0 unspecified atom stereocenters. The third-order valence-corrected chi connectivity index (χ3v) is 4.24. The fourth-order valence-electron chi connectivity index (χ4n) is 2.50. The number of nitrogens with one attached hydrogen (secondary N) is 1. The molecule has 0 bridgehead atoms. The number of aromatic nitrogens is 2. The Balaban J connectivity index is 2.34. The van der Waals surface area contributed by atoms with Gasteiger partial charge in [0.15, 0.2) is 0 Å². The number of aliphatic hydroxyl groups is 1. The van der Waals surface area contributed by atoms with Gasteiger partial charge in [-0.25, -0.2) is 4.98 Å². The number of imidazole rings is 1. The molecular weight excluding hydrogens is 394 g/mol. The lowest BCUT2D eigenvalue weighted by Crippen LogP contribution is -2.53. The predicted molar refractivity (Wildman–Crippen MR) is 85.2 cm³/mol. The number of halogens is 6. The zero-order valence-corrected chi connectivity index (χ0v) is 14.6. The summed E-state index contributed by atoms with van der Waals surface area (Å²) < 4.78 is 77.4. The van der Waals surface area contributed by atoms with Crippen LogP contribution in [0.3, 0.4) is 0 Å². The lowest BCUT2D eigenvalue weighted by atomic mass is 9.88. The summed E-state index contributed by atoms with van der Waals surface area (Å²) in [5.74, 6) is -0.920. The Morgan fingerprint density at radius 1 is 1.04 bits per heavy atom. The molecule has 2 aromatic rings. The van der Waals surface area contributed by atoms with Crippen LogP contribution in [0, 0.1) is 5.41 Å². The minimum absolute atomic E-state index is 0.0787. The van der Waals surface area contributed by atoms with Gasteiger partial charge in [0, 0.05) is 29.4 Å².